The van der Waals surface area contributed by atoms with Crippen molar-refractivity contribution in [2.45, 2.75) is 0 Å². The standard InChI is InChI=1S/2Na.H3O4P.H2O3S/c;;1-5(2,3)4;1-4(2)3/h;;(H3,1,2,3,4);(H2,1,2,3)/q2*+1;;/p-2. The topological polar surface area (TPSA) is 141 Å². The van der Waals surface area contributed by atoms with Gasteiger partial charge in [-0.25, -0.2) is 4.21 Å². The van der Waals surface area contributed by atoms with Crippen molar-refractivity contribution in [1.29, 1.82) is 0 Å². The van der Waals surface area contributed by atoms with E-state index in [1.807, 2.05) is 0 Å². The predicted octanol–water partition coefficient (Wildman–Crippen LogP) is -8.21. The summed E-state index contributed by atoms with van der Waals surface area (Å²) >= 11 is -2.86. The van der Waals surface area contributed by atoms with Gasteiger partial charge in [0.05, 0.1) is 11.4 Å². The Bertz CT molecular complexity index is 116. The van der Waals surface area contributed by atoms with Gasteiger partial charge in [0.1, 0.15) is 0 Å². The summed E-state index contributed by atoms with van der Waals surface area (Å²) in [6.07, 6.45) is 0. The van der Waals surface area contributed by atoms with Crippen LogP contribution in [0.25, 0.3) is 0 Å². The fraction of sp³-hybridized carbons (Fsp3) is 0. The molecule has 0 aliphatic carbocycles. The van der Waals surface area contributed by atoms with Gasteiger partial charge in [-0.2, -0.15) is 0 Å². The molecule has 0 saturated heterocycles. The Kier molecular flexibility index (Phi) is 25.7. The molecule has 1 unspecified atom stereocenters. The zero-order valence-electron chi connectivity index (χ0n) is 5.83. The van der Waals surface area contributed by atoms with E-state index in [1.165, 1.54) is 0 Å². The van der Waals surface area contributed by atoms with Crippen LogP contribution in [0.4, 0.5) is 0 Å². The van der Waals surface area contributed by atoms with Gasteiger partial charge in [-0.1, -0.05) is 0 Å². The summed E-state index contributed by atoms with van der Waals surface area (Å²) < 4.78 is 32.9. The quantitative estimate of drug-likeness (QED) is 0.211. The van der Waals surface area contributed by atoms with E-state index in [2.05, 4.69) is 0 Å². The monoisotopic (exact) mass is 224 g/mol. The Labute approximate surface area is 110 Å². The van der Waals surface area contributed by atoms with Gasteiger partial charge in [0.25, 0.3) is 7.82 Å². The number of hydrogen-bond donors (Lipinski definition) is 3. The molecule has 58 valence electrons. The van der Waals surface area contributed by atoms with Gasteiger partial charge < -0.3 is 23.8 Å². The molecule has 0 heterocycles. The second kappa shape index (κ2) is 12.2. The van der Waals surface area contributed by atoms with Crippen molar-refractivity contribution in [1.82, 2.24) is 0 Å². The van der Waals surface area contributed by atoms with Gasteiger partial charge in [-0.15, -0.1) is 0 Å². The van der Waals surface area contributed by atoms with Crippen molar-refractivity contribution in [3.8, 4) is 0 Å². The minimum absolute atomic E-state index is 0. The minimum atomic E-state index is -4.89. The molecule has 0 bridgehead atoms. The SMILES string of the molecule is O=P([O-])(O)O.O=S([O-])O.[Na+].[Na+]. The molecule has 0 aromatic heterocycles. The van der Waals surface area contributed by atoms with E-state index in [9.17, 15) is 0 Å². The van der Waals surface area contributed by atoms with E-state index in [-0.39, 0.29) is 59.1 Å². The first kappa shape index (κ1) is 23.2. The van der Waals surface area contributed by atoms with E-state index in [0.29, 0.717) is 0 Å². The number of hydrogen-bond acceptors (Lipinski definition) is 4. The Morgan fingerprint density at radius 3 is 1.27 bits per heavy atom. The fourth-order valence-electron chi connectivity index (χ4n) is 0. The van der Waals surface area contributed by atoms with Crippen LogP contribution in [-0.4, -0.2) is 23.1 Å². The summed E-state index contributed by atoms with van der Waals surface area (Å²) in [6, 6.07) is 0. The van der Waals surface area contributed by atoms with Crippen molar-refractivity contribution >= 4 is 19.2 Å². The maximum Gasteiger partial charge on any atom is 1.00 e. The molecule has 0 saturated carbocycles. The smallest absolute Gasteiger partial charge is 0.756 e. The van der Waals surface area contributed by atoms with Crippen LogP contribution >= 0.6 is 7.82 Å². The molecule has 0 aromatic rings. The van der Waals surface area contributed by atoms with Crippen LogP contribution in [0.15, 0.2) is 0 Å². The maximum absolute atomic E-state index is 8.77. The van der Waals surface area contributed by atoms with Crippen molar-refractivity contribution < 1.29 is 91.7 Å². The van der Waals surface area contributed by atoms with Crippen LogP contribution in [0.1, 0.15) is 0 Å². The van der Waals surface area contributed by atoms with Crippen LogP contribution in [0.3, 0.4) is 0 Å². The molecule has 3 N–H and O–H groups in total. The zero-order chi connectivity index (χ0) is 8.08. The predicted molar refractivity (Wildman–Crippen MR) is 23.6 cm³/mol. The van der Waals surface area contributed by atoms with Gasteiger partial charge in [0, 0.05) is 0 Å². The van der Waals surface area contributed by atoms with E-state index in [0.717, 1.165) is 0 Å². The van der Waals surface area contributed by atoms with Crippen LogP contribution in [0.5, 0.6) is 0 Å². The van der Waals surface area contributed by atoms with E-state index >= 15 is 0 Å². The number of phosphoric acid groups is 1. The molecule has 0 spiro atoms. The van der Waals surface area contributed by atoms with Gasteiger partial charge >= 0.3 is 59.1 Å². The molecular weight excluding hydrogens is 221 g/mol. The number of rotatable bonds is 0. The summed E-state index contributed by atoms with van der Waals surface area (Å²) in [5, 5.41) is 0. The second-order valence-corrected chi connectivity index (χ2v) is 2.12. The molecule has 0 fully saturated rings. The van der Waals surface area contributed by atoms with Crippen molar-refractivity contribution in [2.24, 2.45) is 0 Å². The molecule has 1 atom stereocenters. The van der Waals surface area contributed by atoms with E-state index in [4.69, 9.17) is 32.6 Å². The molecule has 0 rings (SSSR count). The van der Waals surface area contributed by atoms with Gasteiger partial charge in [-0.05, 0) is 0 Å². The summed E-state index contributed by atoms with van der Waals surface area (Å²) in [6.45, 7) is 0. The zero-order valence-corrected chi connectivity index (χ0v) is 11.5. The maximum atomic E-state index is 8.77. The van der Waals surface area contributed by atoms with Crippen LogP contribution in [-0.2, 0) is 15.9 Å². The van der Waals surface area contributed by atoms with Crippen molar-refractivity contribution in [3.05, 3.63) is 0 Å². The Morgan fingerprint density at radius 2 is 1.27 bits per heavy atom. The first-order valence-corrected chi connectivity index (χ1v) is 3.84. The van der Waals surface area contributed by atoms with Gasteiger partial charge in [0.15, 0.2) is 0 Å². The third kappa shape index (κ3) is 266. The molecular formula is H3Na2O7PS. The first-order chi connectivity index (χ1) is 3.73. The first-order valence-electron chi connectivity index (χ1n) is 1.28. The van der Waals surface area contributed by atoms with Crippen molar-refractivity contribution in [3.63, 3.8) is 0 Å². The molecule has 0 aromatic carbocycles. The van der Waals surface area contributed by atoms with Crippen LogP contribution in [0, 0.1) is 0 Å². The van der Waals surface area contributed by atoms with Gasteiger partial charge in [0.2, 0.25) is 0 Å². The summed E-state index contributed by atoms with van der Waals surface area (Å²) in [7, 11) is -4.89. The van der Waals surface area contributed by atoms with Crippen LogP contribution in [0.2, 0.25) is 0 Å². The Balaban J connectivity index is -0.0000000383. The third-order valence-corrected chi connectivity index (χ3v) is 0. The molecule has 0 radical (unpaired) electrons. The van der Waals surface area contributed by atoms with Crippen LogP contribution < -0.4 is 64.0 Å². The average Bonchev–Trinajstić information content (AvgIpc) is 1.19. The van der Waals surface area contributed by atoms with E-state index < -0.39 is 19.2 Å². The molecule has 11 heteroatoms. The largest absolute Gasteiger partial charge is 1.00 e. The Morgan fingerprint density at radius 1 is 1.27 bits per heavy atom. The van der Waals surface area contributed by atoms with Crippen molar-refractivity contribution in [2.75, 3.05) is 0 Å². The molecule has 0 amide bonds. The summed E-state index contributed by atoms with van der Waals surface area (Å²) in [5.41, 5.74) is 0. The molecule has 0 aliphatic rings. The Hall–Kier alpha value is 2.18. The third-order valence-electron chi connectivity index (χ3n) is 0. The molecule has 7 nitrogen and oxygen atoms in total. The fourth-order valence-corrected chi connectivity index (χ4v) is 0. The van der Waals surface area contributed by atoms with Gasteiger partial charge in [-0.3, -0.25) is 4.57 Å². The van der Waals surface area contributed by atoms with E-state index in [1.54, 1.807) is 0 Å². The average molecular weight is 224 g/mol. The normalized spacial score (nSPS) is 11.0. The summed E-state index contributed by atoms with van der Waals surface area (Å²) in [5.74, 6) is 0. The molecule has 0 aliphatic heterocycles. The summed E-state index contributed by atoms with van der Waals surface area (Å²) in [4.78, 5) is 22.9. The second-order valence-electron chi connectivity index (χ2n) is 0.708. The minimum Gasteiger partial charge on any atom is -0.756 e. The molecule has 11 heavy (non-hydrogen) atoms.